The Bertz CT molecular complexity index is 766. The number of aryl methyl sites for hydroxylation is 1. The number of anilines is 2. The van der Waals surface area contributed by atoms with E-state index in [1.807, 2.05) is 49.9 Å². The summed E-state index contributed by atoms with van der Waals surface area (Å²) in [4.78, 5) is 8.30. The maximum Gasteiger partial charge on any atom is 0.387 e. The quantitative estimate of drug-likeness (QED) is 0.459. The predicted molar refractivity (Wildman–Crippen MR) is 104 cm³/mol. The summed E-state index contributed by atoms with van der Waals surface area (Å²) in [7, 11) is 3.82. The van der Waals surface area contributed by atoms with E-state index in [0.717, 1.165) is 23.5 Å². The predicted octanol–water partition coefficient (Wildman–Crippen LogP) is 5.63. The van der Waals surface area contributed by atoms with Crippen LogP contribution in [0.3, 0.4) is 0 Å². The molecule has 0 fully saturated rings. The maximum atomic E-state index is 12.3. The standard InChI is InChI=1S/C19H22ClF2N3O/c1-5-24(3)12-23-17-10-13(2)18(11-16(17)20)25(4)14-6-8-15(9-7-14)26-19(21)22/h6-12,19H,5H2,1-4H3. The Labute approximate surface area is 157 Å². The lowest BCUT2D eigenvalue weighted by Gasteiger charge is -2.23. The highest BCUT2D eigenvalue weighted by atomic mass is 35.5. The molecule has 0 aliphatic rings. The monoisotopic (exact) mass is 381 g/mol. The van der Waals surface area contributed by atoms with Gasteiger partial charge in [0.2, 0.25) is 0 Å². The molecule has 2 rings (SSSR count). The summed E-state index contributed by atoms with van der Waals surface area (Å²) in [6.45, 7) is 2.03. The van der Waals surface area contributed by atoms with Crippen LogP contribution in [-0.4, -0.2) is 38.5 Å². The molecule has 0 aliphatic heterocycles. The zero-order valence-corrected chi connectivity index (χ0v) is 16.0. The number of aliphatic imine (C=N–C) groups is 1. The lowest BCUT2D eigenvalue weighted by Crippen LogP contribution is -2.14. The highest BCUT2D eigenvalue weighted by Gasteiger charge is 2.12. The zero-order valence-electron chi connectivity index (χ0n) is 15.2. The van der Waals surface area contributed by atoms with E-state index in [1.54, 1.807) is 18.5 Å². The SMILES string of the molecule is CCN(C)C=Nc1cc(C)c(N(C)c2ccc(OC(F)F)cc2)cc1Cl. The number of alkyl halides is 2. The molecule has 0 unspecified atom stereocenters. The van der Waals surface area contributed by atoms with Gasteiger partial charge in [0.25, 0.3) is 0 Å². The molecule has 4 nitrogen and oxygen atoms in total. The Morgan fingerprint density at radius 3 is 2.42 bits per heavy atom. The Morgan fingerprint density at radius 1 is 1.19 bits per heavy atom. The van der Waals surface area contributed by atoms with Crippen molar-refractivity contribution in [2.75, 3.05) is 25.5 Å². The Kier molecular flexibility index (Phi) is 6.80. The molecule has 140 valence electrons. The molecular formula is C19H22ClF2N3O. The van der Waals surface area contributed by atoms with Crippen LogP contribution in [0.2, 0.25) is 5.02 Å². The molecule has 0 amide bonds. The fraction of sp³-hybridized carbons (Fsp3) is 0.316. The number of halogens is 3. The fourth-order valence-electron chi connectivity index (χ4n) is 2.35. The second-order valence-electron chi connectivity index (χ2n) is 5.84. The smallest absolute Gasteiger partial charge is 0.387 e. The van der Waals surface area contributed by atoms with Crippen molar-refractivity contribution in [3.05, 3.63) is 47.0 Å². The molecule has 0 saturated carbocycles. The lowest BCUT2D eigenvalue weighted by molar-refractivity contribution is -0.0498. The average molecular weight is 382 g/mol. The summed E-state index contributed by atoms with van der Waals surface area (Å²) in [5, 5.41) is 0.538. The van der Waals surface area contributed by atoms with E-state index in [-0.39, 0.29) is 5.75 Å². The van der Waals surface area contributed by atoms with Crippen molar-refractivity contribution in [3.63, 3.8) is 0 Å². The van der Waals surface area contributed by atoms with Crippen LogP contribution in [0.4, 0.5) is 25.8 Å². The van der Waals surface area contributed by atoms with Gasteiger partial charge in [0.1, 0.15) is 5.75 Å². The lowest BCUT2D eigenvalue weighted by atomic mass is 10.1. The first-order chi connectivity index (χ1) is 12.3. The van der Waals surface area contributed by atoms with Crippen LogP contribution in [-0.2, 0) is 0 Å². The van der Waals surface area contributed by atoms with Gasteiger partial charge in [0.05, 0.1) is 17.0 Å². The van der Waals surface area contributed by atoms with Crippen molar-refractivity contribution in [1.29, 1.82) is 0 Å². The summed E-state index contributed by atoms with van der Waals surface area (Å²) in [6, 6.07) is 10.2. The summed E-state index contributed by atoms with van der Waals surface area (Å²) >= 11 is 6.38. The van der Waals surface area contributed by atoms with Crippen LogP contribution < -0.4 is 9.64 Å². The van der Waals surface area contributed by atoms with Gasteiger partial charge in [0.15, 0.2) is 0 Å². The molecule has 0 heterocycles. The van der Waals surface area contributed by atoms with E-state index in [2.05, 4.69) is 9.73 Å². The van der Waals surface area contributed by atoms with Gasteiger partial charge in [-0.05, 0) is 55.8 Å². The number of hydrogen-bond acceptors (Lipinski definition) is 3. The van der Waals surface area contributed by atoms with Crippen LogP contribution >= 0.6 is 11.6 Å². The van der Waals surface area contributed by atoms with Gasteiger partial charge in [0, 0.05) is 32.0 Å². The molecule has 2 aromatic carbocycles. The molecule has 2 aromatic rings. The van der Waals surface area contributed by atoms with Gasteiger partial charge in [-0.1, -0.05) is 11.6 Å². The number of ether oxygens (including phenoxy) is 1. The van der Waals surface area contributed by atoms with Crippen molar-refractivity contribution < 1.29 is 13.5 Å². The van der Waals surface area contributed by atoms with Crippen LogP contribution in [0.15, 0.2) is 41.4 Å². The van der Waals surface area contributed by atoms with Crippen molar-refractivity contribution in [3.8, 4) is 5.75 Å². The van der Waals surface area contributed by atoms with Gasteiger partial charge in [-0.25, -0.2) is 4.99 Å². The average Bonchev–Trinajstić information content (AvgIpc) is 2.61. The Balaban J connectivity index is 2.25. The third kappa shape index (κ3) is 5.08. The third-order valence-electron chi connectivity index (χ3n) is 3.97. The molecular weight excluding hydrogens is 360 g/mol. The number of rotatable bonds is 7. The number of benzene rings is 2. The zero-order chi connectivity index (χ0) is 19.3. The number of nitrogens with zero attached hydrogens (tertiary/aromatic N) is 3. The van der Waals surface area contributed by atoms with Crippen molar-refractivity contribution in [2.45, 2.75) is 20.5 Å². The van der Waals surface area contributed by atoms with Crippen LogP contribution in [0, 0.1) is 6.92 Å². The molecule has 0 aromatic heterocycles. The van der Waals surface area contributed by atoms with Crippen molar-refractivity contribution in [1.82, 2.24) is 4.90 Å². The van der Waals surface area contributed by atoms with E-state index in [1.165, 1.54) is 12.1 Å². The van der Waals surface area contributed by atoms with Gasteiger partial charge in [-0.15, -0.1) is 0 Å². The fourth-order valence-corrected chi connectivity index (χ4v) is 2.56. The second-order valence-corrected chi connectivity index (χ2v) is 6.25. The van der Waals surface area contributed by atoms with E-state index in [9.17, 15) is 8.78 Å². The summed E-state index contributed by atoms with van der Waals surface area (Å²) < 4.78 is 28.9. The van der Waals surface area contributed by atoms with Crippen LogP contribution in [0.25, 0.3) is 0 Å². The molecule has 0 atom stereocenters. The molecule has 26 heavy (non-hydrogen) atoms. The first-order valence-corrected chi connectivity index (χ1v) is 8.52. The van der Waals surface area contributed by atoms with Gasteiger partial charge >= 0.3 is 6.61 Å². The minimum Gasteiger partial charge on any atom is -0.435 e. The van der Waals surface area contributed by atoms with E-state index in [4.69, 9.17) is 11.6 Å². The second kappa shape index (κ2) is 8.85. The highest BCUT2D eigenvalue weighted by molar-refractivity contribution is 6.33. The van der Waals surface area contributed by atoms with Gasteiger partial charge in [-0.3, -0.25) is 0 Å². The largest absolute Gasteiger partial charge is 0.435 e. The molecule has 7 heteroatoms. The minimum atomic E-state index is -2.83. The normalized spacial score (nSPS) is 11.2. The third-order valence-corrected chi connectivity index (χ3v) is 4.27. The Morgan fingerprint density at radius 2 is 1.85 bits per heavy atom. The number of hydrogen-bond donors (Lipinski definition) is 0. The molecule has 0 bridgehead atoms. The topological polar surface area (TPSA) is 28.1 Å². The van der Waals surface area contributed by atoms with Crippen LogP contribution in [0.1, 0.15) is 12.5 Å². The van der Waals surface area contributed by atoms with Crippen molar-refractivity contribution in [2.24, 2.45) is 4.99 Å². The molecule has 0 spiro atoms. The molecule has 0 aliphatic carbocycles. The first-order valence-electron chi connectivity index (χ1n) is 8.15. The van der Waals surface area contributed by atoms with Gasteiger partial charge in [-0.2, -0.15) is 8.78 Å². The molecule has 0 saturated heterocycles. The van der Waals surface area contributed by atoms with Crippen molar-refractivity contribution >= 4 is 35.0 Å². The maximum absolute atomic E-state index is 12.3. The summed E-state index contributed by atoms with van der Waals surface area (Å²) in [6.07, 6.45) is 1.74. The summed E-state index contributed by atoms with van der Waals surface area (Å²) in [5.41, 5.74) is 3.42. The van der Waals surface area contributed by atoms with E-state index < -0.39 is 6.61 Å². The van der Waals surface area contributed by atoms with Crippen LogP contribution in [0.5, 0.6) is 5.75 Å². The first kappa shape index (κ1) is 20.0. The molecule has 0 N–H and O–H groups in total. The highest BCUT2D eigenvalue weighted by Crippen LogP contribution is 2.35. The van der Waals surface area contributed by atoms with Gasteiger partial charge < -0.3 is 14.5 Å². The van der Waals surface area contributed by atoms with E-state index in [0.29, 0.717) is 10.7 Å². The summed E-state index contributed by atoms with van der Waals surface area (Å²) in [5.74, 6) is 0.122. The minimum absolute atomic E-state index is 0.122. The Hall–Kier alpha value is -2.34. The molecule has 0 radical (unpaired) electrons. The van der Waals surface area contributed by atoms with E-state index >= 15 is 0 Å².